The van der Waals surface area contributed by atoms with Gasteiger partial charge in [-0.05, 0) is 45.0 Å². The number of benzene rings is 1. The van der Waals surface area contributed by atoms with E-state index in [1.165, 1.54) is 35.1 Å². The van der Waals surface area contributed by atoms with Gasteiger partial charge in [-0.2, -0.15) is 9.61 Å². The molecule has 2 N–H and O–H groups in total. The van der Waals surface area contributed by atoms with E-state index in [1.807, 2.05) is 0 Å². The first-order chi connectivity index (χ1) is 12.1. The zero-order valence-corrected chi connectivity index (χ0v) is 15.9. The first-order valence-electron chi connectivity index (χ1n) is 7.66. The fourth-order valence-corrected chi connectivity index (χ4v) is 3.99. The van der Waals surface area contributed by atoms with Crippen molar-refractivity contribution >= 4 is 38.8 Å². The number of halogens is 2. The molecular weight excluding hydrogens is 381 g/mol. The van der Waals surface area contributed by atoms with Crippen LogP contribution in [-0.2, 0) is 10.0 Å². The summed E-state index contributed by atoms with van der Waals surface area (Å²) < 4.78 is 42.5. The quantitative estimate of drug-likeness (QED) is 0.704. The molecule has 0 aliphatic heterocycles. The lowest BCUT2D eigenvalue weighted by Gasteiger charge is -2.19. The number of hydrogen-bond donors (Lipinski definition) is 2. The number of anilines is 2. The van der Waals surface area contributed by atoms with E-state index in [-0.39, 0.29) is 10.5 Å². The van der Waals surface area contributed by atoms with Gasteiger partial charge in [0.1, 0.15) is 16.5 Å². The molecule has 2 aromatic heterocycles. The van der Waals surface area contributed by atoms with Gasteiger partial charge in [0.2, 0.25) is 10.0 Å². The van der Waals surface area contributed by atoms with E-state index in [4.69, 9.17) is 11.6 Å². The fourth-order valence-electron chi connectivity index (χ4n) is 2.34. The largest absolute Gasteiger partial charge is 0.339 e. The number of nitrogens with zero attached hydrogens (tertiary/aromatic N) is 3. The molecule has 2 heterocycles. The Labute approximate surface area is 155 Å². The number of nitrogens with one attached hydrogen (secondary N) is 2. The molecule has 138 valence electrons. The van der Waals surface area contributed by atoms with Crippen molar-refractivity contribution in [2.45, 2.75) is 31.2 Å². The summed E-state index contributed by atoms with van der Waals surface area (Å²) in [5.74, 6) is -0.0694. The maximum atomic E-state index is 13.5. The molecule has 0 aliphatic carbocycles. The fraction of sp³-hybridized carbons (Fsp3) is 0.250. The molecule has 0 saturated carbocycles. The first-order valence-corrected chi connectivity index (χ1v) is 9.52. The summed E-state index contributed by atoms with van der Waals surface area (Å²) >= 11 is 6.07. The van der Waals surface area contributed by atoms with E-state index in [0.29, 0.717) is 16.5 Å². The van der Waals surface area contributed by atoms with Crippen molar-refractivity contribution in [3.8, 4) is 0 Å². The lowest BCUT2D eigenvalue weighted by molar-refractivity contribution is 0.492. The SMILES string of the molecule is CC(C)(C)NS(=O)(=O)c1cnn2c(Nc3cc(F)ccc3Cl)ccnc12. The summed E-state index contributed by atoms with van der Waals surface area (Å²) in [6, 6.07) is 5.47. The van der Waals surface area contributed by atoms with Crippen LogP contribution >= 0.6 is 11.6 Å². The van der Waals surface area contributed by atoms with Crippen molar-refractivity contribution < 1.29 is 12.8 Å². The van der Waals surface area contributed by atoms with E-state index < -0.39 is 21.4 Å². The molecule has 10 heteroatoms. The average molecular weight is 398 g/mol. The Morgan fingerprint density at radius 2 is 1.96 bits per heavy atom. The lowest BCUT2D eigenvalue weighted by atomic mass is 10.1. The summed E-state index contributed by atoms with van der Waals surface area (Å²) in [6.45, 7) is 5.22. The molecule has 26 heavy (non-hydrogen) atoms. The molecule has 0 saturated heterocycles. The molecule has 0 atom stereocenters. The highest BCUT2D eigenvalue weighted by molar-refractivity contribution is 7.89. The predicted octanol–water partition coefficient (Wildman–Crippen LogP) is 3.34. The van der Waals surface area contributed by atoms with Gasteiger partial charge in [-0.25, -0.2) is 22.5 Å². The van der Waals surface area contributed by atoms with Crippen LogP contribution in [-0.4, -0.2) is 28.6 Å². The normalized spacial score (nSPS) is 12.5. The molecule has 0 amide bonds. The minimum Gasteiger partial charge on any atom is -0.339 e. The highest BCUT2D eigenvalue weighted by Crippen LogP contribution is 2.27. The Balaban J connectivity index is 2.06. The number of fused-ring (bicyclic) bond motifs is 1. The van der Waals surface area contributed by atoms with Crippen LogP contribution in [0.1, 0.15) is 20.8 Å². The molecule has 3 rings (SSSR count). The van der Waals surface area contributed by atoms with E-state index >= 15 is 0 Å². The number of aromatic nitrogens is 3. The summed E-state index contributed by atoms with van der Waals surface area (Å²) in [7, 11) is -3.82. The zero-order valence-electron chi connectivity index (χ0n) is 14.3. The summed E-state index contributed by atoms with van der Waals surface area (Å²) in [5, 5.41) is 7.35. The Morgan fingerprint density at radius 1 is 1.23 bits per heavy atom. The van der Waals surface area contributed by atoms with E-state index in [0.717, 1.165) is 0 Å². The van der Waals surface area contributed by atoms with Crippen LogP contribution in [0.15, 0.2) is 41.6 Å². The molecule has 0 bridgehead atoms. The van der Waals surface area contributed by atoms with E-state index in [9.17, 15) is 12.8 Å². The Kier molecular flexibility index (Phi) is 4.63. The number of sulfonamides is 1. The molecule has 0 radical (unpaired) electrons. The van der Waals surface area contributed by atoms with Crippen LogP contribution in [0.5, 0.6) is 0 Å². The summed E-state index contributed by atoms with van der Waals surface area (Å²) in [5.41, 5.74) is -0.191. The Hall–Kier alpha value is -2.23. The molecule has 7 nitrogen and oxygen atoms in total. The maximum Gasteiger partial charge on any atom is 0.246 e. The van der Waals surface area contributed by atoms with Crippen LogP contribution in [0.3, 0.4) is 0 Å². The molecule has 0 spiro atoms. The highest BCUT2D eigenvalue weighted by atomic mass is 35.5. The van der Waals surface area contributed by atoms with Gasteiger partial charge in [-0.1, -0.05) is 11.6 Å². The van der Waals surface area contributed by atoms with Gasteiger partial charge in [0, 0.05) is 11.7 Å². The van der Waals surface area contributed by atoms with Crippen molar-refractivity contribution in [2.75, 3.05) is 5.32 Å². The molecule has 0 unspecified atom stereocenters. The second-order valence-electron chi connectivity index (χ2n) is 6.68. The van der Waals surface area contributed by atoms with Crippen LogP contribution in [0, 0.1) is 5.82 Å². The predicted molar refractivity (Wildman–Crippen MR) is 97.8 cm³/mol. The van der Waals surface area contributed by atoms with Crippen molar-refractivity contribution in [3.05, 3.63) is 47.5 Å². The third kappa shape index (κ3) is 3.79. The maximum absolute atomic E-state index is 13.5. The number of hydrogen-bond acceptors (Lipinski definition) is 5. The van der Waals surface area contributed by atoms with E-state index in [2.05, 4.69) is 20.1 Å². The topological polar surface area (TPSA) is 88.4 Å². The third-order valence-corrected chi connectivity index (χ3v) is 5.37. The highest BCUT2D eigenvalue weighted by Gasteiger charge is 2.26. The van der Waals surface area contributed by atoms with Crippen LogP contribution in [0.25, 0.3) is 5.65 Å². The average Bonchev–Trinajstić information content (AvgIpc) is 2.94. The van der Waals surface area contributed by atoms with Crippen molar-refractivity contribution in [1.82, 2.24) is 19.3 Å². The van der Waals surface area contributed by atoms with Crippen molar-refractivity contribution in [1.29, 1.82) is 0 Å². The minimum atomic E-state index is -3.82. The number of rotatable bonds is 4. The monoisotopic (exact) mass is 397 g/mol. The third-order valence-electron chi connectivity index (χ3n) is 3.29. The van der Waals surface area contributed by atoms with E-state index in [1.54, 1.807) is 26.8 Å². The molecule has 3 aromatic rings. The Morgan fingerprint density at radius 3 is 2.65 bits per heavy atom. The summed E-state index contributed by atoms with van der Waals surface area (Å²) in [4.78, 5) is 4.06. The molecule has 0 aliphatic rings. The first kappa shape index (κ1) is 18.6. The second-order valence-corrected chi connectivity index (χ2v) is 8.74. The van der Waals surface area contributed by atoms with Gasteiger partial charge in [0.15, 0.2) is 5.65 Å². The van der Waals surface area contributed by atoms with Crippen LogP contribution in [0.4, 0.5) is 15.9 Å². The van der Waals surface area contributed by atoms with Crippen LogP contribution in [0.2, 0.25) is 5.02 Å². The minimum absolute atomic E-state index is 0.0542. The van der Waals surface area contributed by atoms with Crippen molar-refractivity contribution in [2.24, 2.45) is 0 Å². The zero-order chi connectivity index (χ0) is 19.1. The summed E-state index contributed by atoms with van der Waals surface area (Å²) in [6.07, 6.45) is 2.65. The molecule has 1 aromatic carbocycles. The van der Waals surface area contributed by atoms with Gasteiger partial charge in [0.05, 0.1) is 16.9 Å². The van der Waals surface area contributed by atoms with Gasteiger partial charge in [-0.15, -0.1) is 0 Å². The Bertz CT molecular complexity index is 1080. The van der Waals surface area contributed by atoms with Gasteiger partial charge >= 0.3 is 0 Å². The van der Waals surface area contributed by atoms with Crippen LogP contribution < -0.4 is 10.0 Å². The van der Waals surface area contributed by atoms with Gasteiger partial charge in [-0.3, -0.25) is 0 Å². The lowest BCUT2D eigenvalue weighted by Crippen LogP contribution is -2.40. The van der Waals surface area contributed by atoms with Gasteiger partial charge in [0.25, 0.3) is 0 Å². The smallest absolute Gasteiger partial charge is 0.246 e. The molecular formula is C16H17ClFN5O2S. The molecule has 0 fully saturated rings. The second kappa shape index (κ2) is 6.49. The standard InChI is InChI=1S/C16H17ClFN5O2S/c1-16(2,3)22-26(24,25)13-9-20-23-14(6-7-19-15(13)23)21-12-8-10(18)4-5-11(12)17/h4-9,21-22H,1-3H3. The van der Waals surface area contributed by atoms with Crippen molar-refractivity contribution in [3.63, 3.8) is 0 Å². The van der Waals surface area contributed by atoms with Gasteiger partial charge < -0.3 is 5.32 Å².